The van der Waals surface area contributed by atoms with Crippen LogP contribution in [0.4, 0.5) is 34.1 Å². The van der Waals surface area contributed by atoms with Crippen LogP contribution in [0.3, 0.4) is 0 Å². The lowest BCUT2D eigenvalue weighted by Gasteiger charge is -2.45. The lowest BCUT2D eigenvalue weighted by molar-refractivity contribution is 1.25. The Morgan fingerprint density at radius 3 is 1.33 bits per heavy atom. The Balaban J connectivity index is 1.20. The summed E-state index contributed by atoms with van der Waals surface area (Å²) in [5, 5.41) is 0. The molecule has 10 aromatic carbocycles. The summed E-state index contributed by atoms with van der Waals surface area (Å²) in [4.78, 5) is 5.10. The van der Waals surface area contributed by atoms with Crippen molar-refractivity contribution in [2.75, 3.05) is 9.80 Å². The van der Waals surface area contributed by atoms with Crippen molar-refractivity contribution in [3.05, 3.63) is 249 Å². The van der Waals surface area contributed by atoms with E-state index < -0.39 is 0 Å². The van der Waals surface area contributed by atoms with E-state index in [9.17, 15) is 0 Å². The molecule has 2 nitrogen and oxygen atoms in total. The molecule has 0 radical (unpaired) electrons. The molecular weight excluding hydrogens is 759 g/mol. The lowest BCUT2D eigenvalue weighted by Crippen LogP contribution is -2.62. The summed E-state index contributed by atoms with van der Waals surface area (Å²) >= 11 is 0. The predicted molar refractivity (Wildman–Crippen MR) is 268 cm³/mol. The van der Waals surface area contributed by atoms with Crippen LogP contribution in [-0.4, -0.2) is 6.71 Å². The second kappa shape index (κ2) is 15.4. The summed E-state index contributed by atoms with van der Waals surface area (Å²) in [5.74, 6) is 0. The number of rotatable bonds is 7. The molecule has 2 heterocycles. The highest BCUT2D eigenvalue weighted by molar-refractivity contribution is 7.01. The topological polar surface area (TPSA) is 6.48 Å². The minimum absolute atomic E-state index is 0.0710. The van der Waals surface area contributed by atoms with Gasteiger partial charge in [0.15, 0.2) is 0 Å². The molecule has 2 aliphatic rings. The first kappa shape index (κ1) is 36.7. The Labute approximate surface area is 369 Å². The van der Waals surface area contributed by atoms with E-state index in [4.69, 9.17) is 0 Å². The molecule has 0 unspecified atom stereocenters. The SMILES string of the molecule is c1ccc(-c2ccc(N3c4cccc(-c5ccccc5)c4B4c5cccc(-c6ccccc6)c5N(c5cccc(-c6ccccc6)c5)c5cc(-c6ccccc6)cc3c54)cc2)cc1. The second-order valence-electron chi connectivity index (χ2n) is 16.4. The van der Waals surface area contributed by atoms with Gasteiger partial charge in [-0.25, -0.2) is 0 Å². The maximum absolute atomic E-state index is 2.57. The summed E-state index contributed by atoms with van der Waals surface area (Å²) < 4.78 is 0. The molecule has 12 rings (SSSR count). The van der Waals surface area contributed by atoms with Gasteiger partial charge in [0.25, 0.3) is 6.71 Å². The number of anilines is 6. The average Bonchev–Trinajstić information content (AvgIpc) is 3.37. The third kappa shape index (κ3) is 6.28. The monoisotopic (exact) mass is 800 g/mol. The molecule has 0 spiro atoms. The number of hydrogen-bond acceptors (Lipinski definition) is 2. The van der Waals surface area contributed by atoms with Gasteiger partial charge >= 0.3 is 0 Å². The first-order valence-corrected chi connectivity index (χ1v) is 21.8. The van der Waals surface area contributed by atoms with E-state index in [0.717, 1.165) is 11.4 Å². The van der Waals surface area contributed by atoms with Crippen molar-refractivity contribution in [1.29, 1.82) is 0 Å². The second-order valence-corrected chi connectivity index (χ2v) is 16.4. The van der Waals surface area contributed by atoms with Gasteiger partial charge < -0.3 is 9.80 Å². The van der Waals surface area contributed by atoms with Crippen LogP contribution in [0.15, 0.2) is 249 Å². The molecule has 0 aliphatic carbocycles. The normalized spacial score (nSPS) is 12.3. The van der Waals surface area contributed by atoms with Crippen LogP contribution in [0.25, 0.3) is 55.6 Å². The van der Waals surface area contributed by atoms with Gasteiger partial charge in [-0.1, -0.05) is 206 Å². The molecule has 3 heteroatoms. The van der Waals surface area contributed by atoms with Crippen LogP contribution in [0, 0.1) is 0 Å². The Morgan fingerprint density at radius 2 is 0.714 bits per heavy atom. The molecule has 0 saturated carbocycles. The molecule has 0 bridgehead atoms. The Hall–Kier alpha value is -8.14. The van der Waals surface area contributed by atoms with Gasteiger partial charge in [-0.05, 0) is 109 Å². The van der Waals surface area contributed by atoms with Gasteiger partial charge in [0.05, 0.1) is 0 Å². The molecule has 63 heavy (non-hydrogen) atoms. The third-order valence-corrected chi connectivity index (χ3v) is 12.8. The van der Waals surface area contributed by atoms with E-state index >= 15 is 0 Å². The van der Waals surface area contributed by atoms with Crippen molar-refractivity contribution >= 4 is 57.2 Å². The fourth-order valence-corrected chi connectivity index (χ4v) is 10.0. The van der Waals surface area contributed by atoms with Crippen molar-refractivity contribution in [2.45, 2.75) is 0 Å². The number of fused-ring (bicyclic) bond motifs is 4. The predicted octanol–water partition coefficient (Wildman–Crippen LogP) is 14.1. The van der Waals surface area contributed by atoms with Crippen molar-refractivity contribution in [2.24, 2.45) is 0 Å². The average molecular weight is 801 g/mol. The Kier molecular flexibility index (Phi) is 8.97. The highest BCUT2D eigenvalue weighted by atomic mass is 15.2. The quantitative estimate of drug-likeness (QED) is 0.148. The third-order valence-electron chi connectivity index (χ3n) is 12.8. The summed E-state index contributed by atoms with van der Waals surface area (Å²) in [6, 6.07) is 91.1. The first-order valence-electron chi connectivity index (χ1n) is 21.8. The first-order chi connectivity index (χ1) is 31.3. The summed E-state index contributed by atoms with van der Waals surface area (Å²) in [5.41, 5.74) is 22.8. The molecular formula is C60H41BN2. The van der Waals surface area contributed by atoms with Gasteiger partial charge in [-0.15, -0.1) is 0 Å². The minimum atomic E-state index is -0.0710. The van der Waals surface area contributed by atoms with E-state index in [1.54, 1.807) is 0 Å². The van der Waals surface area contributed by atoms with Gasteiger partial charge in [0.2, 0.25) is 0 Å². The number of para-hydroxylation sites is 1. The Morgan fingerprint density at radius 1 is 0.254 bits per heavy atom. The van der Waals surface area contributed by atoms with Crippen LogP contribution in [0.1, 0.15) is 0 Å². The summed E-state index contributed by atoms with van der Waals surface area (Å²) in [6.07, 6.45) is 0. The molecule has 0 saturated heterocycles. The van der Waals surface area contributed by atoms with Crippen molar-refractivity contribution in [1.82, 2.24) is 0 Å². The fourth-order valence-electron chi connectivity index (χ4n) is 10.0. The highest BCUT2D eigenvalue weighted by Crippen LogP contribution is 2.49. The lowest BCUT2D eigenvalue weighted by atomic mass is 9.32. The van der Waals surface area contributed by atoms with Crippen LogP contribution < -0.4 is 26.2 Å². The summed E-state index contributed by atoms with van der Waals surface area (Å²) in [7, 11) is 0. The molecule has 0 fully saturated rings. The zero-order valence-corrected chi connectivity index (χ0v) is 34.6. The molecule has 0 atom stereocenters. The van der Waals surface area contributed by atoms with Crippen molar-refractivity contribution in [3.8, 4) is 55.6 Å². The van der Waals surface area contributed by atoms with E-state index in [1.165, 1.54) is 94.8 Å². The largest absolute Gasteiger partial charge is 0.311 e. The molecule has 10 aromatic rings. The van der Waals surface area contributed by atoms with Crippen LogP contribution >= 0.6 is 0 Å². The van der Waals surface area contributed by atoms with Gasteiger partial charge in [0.1, 0.15) is 0 Å². The van der Waals surface area contributed by atoms with E-state index in [0.29, 0.717) is 0 Å². The fraction of sp³-hybridized carbons (Fsp3) is 0. The molecule has 0 amide bonds. The van der Waals surface area contributed by atoms with Gasteiger partial charge in [-0.2, -0.15) is 0 Å². The number of hydrogen-bond donors (Lipinski definition) is 0. The molecule has 0 N–H and O–H groups in total. The zero-order chi connectivity index (χ0) is 41.7. The smallest absolute Gasteiger partial charge is 0.252 e. The van der Waals surface area contributed by atoms with E-state index in [-0.39, 0.29) is 6.71 Å². The standard InChI is InChI=1S/C60H41BN2/c1-6-19-42(20-7-1)45-35-37-50(38-36-45)62-55-34-18-31-52(46-25-12-4-13-26-46)58(55)61-54-33-17-32-53(47-27-14-5-15-28-47)60(54)63(51-30-16-29-48(39-51)43-21-8-2-9-22-43)57-41-49(40-56(62)59(57)61)44-23-10-3-11-24-44/h1-41H. The van der Waals surface area contributed by atoms with Gasteiger partial charge in [-0.3, -0.25) is 0 Å². The molecule has 2 aliphatic heterocycles. The highest BCUT2D eigenvalue weighted by Gasteiger charge is 2.45. The minimum Gasteiger partial charge on any atom is -0.311 e. The Bertz CT molecular complexity index is 3260. The van der Waals surface area contributed by atoms with Crippen LogP contribution in [-0.2, 0) is 0 Å². The maximum Gasteiger partial charge on any atom is 0.252 e. The van der Waals surface area contributed by atoms with Gasteiger partial charge in [0, 0.05) is 39.7 Å². The van der Waals surface area contributed by atoms with Crippen molar-refractivity contribution in [3.63, 3.8) is 0 Å². The van der Waals surface area contributed by atoms with E-state index in [1.807, 2.05) is 0 Å². The zero-order valence-electron chi connectivity index (χ0n) is 34.6. The van der Waals surface area contributed by atoms with Crippen molar-refractivity contribution < 1.29 is 0 Å². The van der Waals surface area contributed by atoms with Crippen LogP contribution in [0.5, 0.6) is 0 Å². The number of benzene rings is 10. The molecule has 0 aromatic heterocycles. The van der Waals surface area contributed by atoms with E-state index in [2.05, 4.69) is 259 Å². The van der Waals surface area contributed by atoms with Crippen LogP contribution in [0.2, 0.25) is 0 Å². The summed E-state index contributed by atoms with van der Waals surface area (Å²) in [6.45, 7) is -0.0710. The maximum atomic E-state index is 2.57. The number of nitrogens with zero attached hydrogens (tertiary/aromatic N) is 2. The molecule has 294 valence electrons.